The molecule has 0 unspecified atom stereocenters. The van der Waals surface area contributed by atoms with Gasteiger partial charge in [0.25, 0.3) is 5.91 Å². The van der Waals surface area contributed by atoms with Crippen molar-refractivity contribution in [3.05, 3.63) is 22.8 Å². The van der Waals surface area contributed by atoms with Gasteiger partial charge in [0.1, 0.15) is 5.82 Å². The van der Waals surface area contributed by atoms with E-state index in [2.05, 4.69) is 36.4 Å². The SMILES string of the molecule is CCNc1ncc(C(=O)NCC(C)(C)C)cc1Cl. The summed E-state index contributed by atoms with van der Waals surface area (Å²) in [6.45, 7) is 9.50. The molecular formula is C13H20ClN3O. The maximum Gasteiger partial charge on any atom is 0.252 e. The highest BCUT2D eigenvalue weighted by molar-refractivity contribution is 6.33. The number of halogens is 1. The van der Waals surface area contributed by atoms with Crippen LogP contribution in [0.5, 0.6) is 0 Å². The van der Waals surface area contributed by atoms with Crippen LogP contribution in [0.3, 0.4) is 0 Å². The number of nitrogens with one attached hydrogen (secondary N) is 2. The van der Waals surface area contributed by atoms with Crippen LogP contribution in [0.4, 0.5) is 5.82 Å². The quantitative estimate of drug-likeness (QED) is 0.884. The van der Waals surface area contributed by atoms with Gasteiger partial charge < -0.3 is 10.6 Å². The maximum atomic E-state index is 11.9. The second-order valence-electron chi connectivity index (χ2n) is 5.33. The summed E-state index contributed by atoms with van der Waals surface area (Å²) in [5.41, 5.74) is 0.530. The van der Waals surface area contributed by atoms with Crippen LogP contribution < -0.4 is 10.6 Å². The summed E-state index contributed by atoms with van der Waals surface area (Å²) < 4.78 is 0. The summed E-state index contributed by atoms with van der Waals surface area (Å²) in [6.07, 6.45) is 1.53. The molecule has 1 rings (SSSR count). The predicted octanol–water partition coefficient (Wildman–Crippen LogP) is 2.94. The number of carbonyl (C=O) groups is 1. The van der Waals surface area contributed by atoms with Crippen LogP contribution in [0, 0.1) is 5.41 Å². The second-order valence-corrected chi connectivity index (χ2v) is 5.74. The van der Waals surface area contributed by atoms with E-state index in [-0.39, 0.29) is 11.3 Å². The highest BCUT2D eigenvalue weighted by atomic mass is 35.5. The number of aromatic nitrogens is 1. The lowest BCUT2D eigenvalue weighted by molar-refractivity contribution is 0.0939. The first kappa shape index (κ1) is 14.8. The van der Waals surface area contributed by atoms with Gasteiger partial charge in [-0.15, -0.1) is 0 Å². The molecular weight excluding hydrogens is 250 g/mol. The Kier molecular flexibility index (Phi) is 4.96. The van der Waals surface area contributed by atoms with Crippen LogP contribution in [0.1, 0.15) is 38.1 Å². The molecule has 0 aliphatic rings. The van der Waals surface area contributed by atoms with Gasteiger partial charge in [0, 0.05) is 19.3 Å². The molecule has 0 aliphatic heterocycles. The van der Waals surface area contributed by atoms with Crippen LogP contribution in [0.15, 0.2) is 12.3 Å². The van der Waals surface area contributed by atoms with Gasteiger partial charge in [-0.25, -0.2) is 4.98 Å². The Hall–Kier alpha value is -1.29. The van der Waals surface area contributed by atoms with Crippen molar-refractivity contribution in [2.45, 2.75) is 27.7 Å². The van der Waals surface area contributed by atoms with E-state index < -0.39 is 0 Å². The van der Waals surface area contributed by atoms with Crippen molar-refractivity contribution in [2.24, 2.45) is 5.41 Å². The number of hydrogen-bond acceptors (Lipinski definition) is 3. The van der Waals surface area contributed by atoms with Crippen molar-refractivity contribution < 1.29 is 4.79 Å². The summed E-state index contributed by atoms with van der Waals surface area (Å²) in [4.78, 5) is 16.0. The molecule has 1 aromatic rings. The molecule has 0 saturated carbocycles. The van der Waals surface area contributed by atoms with Crippen molar-refractivity contribution in [1.29, 1.82) is 0 Å². The fraction of sp³-hybridized carbons (Fsp3) is 0.538. The molecule has 5 heteroatoms. The van der Waals surface area contributed by atoms with Crippen molar-refractivity contribution in [2.75, 3.05) is 18.4 Å². The third-order valence-corrected chi connectivity index (χ3v) is 2.51. The standard InChI is InChI=1S/C13H20ClN3O/c1-5-15-11-10(14)6-9(7-16-11)12(18)17-8-13(2,3)4/h6-7H,5,8H2,1-4H3,(H,15,16)(H,17,18). The Balaban J connectivity index is 2.72. The average molecular weight is 270 g/mol. The van der Waals surface area contributed by atoms with Gasteiger partial charge in [0.05, 0.1) is 10.6 Å². The van der Waals surface area contributed by atoms with E-state index in [1.165, 1.54) is 6.20 Å². The molecule has 0 aliphatic carbocycles. The third kappa shape index (κ3) is 4.53. The van der Waals surface area contributed by atoms with Gasteiger partial charge >= 0.3 is 0 Å². The zero-order chi connectivity index (χ0) is 13.8. The first-order valence-electron chi connectivity index (χ1n) is 6.01. The summed E-state index contributed by atoms with van der Waals surface area (Å²) >= 11 is 6.04. The number of anilines is 1. The Morgan fingerprint density at radius 3 is 2.61 bits per heavy atom. The topological polar surface area (TPSA) is 54.0 Å². The number of rotatable bonds is 4. The minimum atomic E-state index is -0.151. The first-order valence-corrected chi connectivity index (χ1v) is 6.39. The Bertz CT molecular complexity index is 427. The van der Waals surface area contributed by atoms with Crippen LogP contribution >= 0.6 is 11.6 Å². The van der Waals surface area contributed by atoms with Crippen LogP contribution in [-0.2, 0) is 0 Å². The number of carbonyl (C=O) groups excluding carboxylic acids is 1. The lowest BCUT2D eigenvalue weighted by Gasteiger charge is -2.18. The minimum absolute atomic E-state index is 0.0522. The lowest BCUT2D eigenvalue weighted by Crippen LogP contribution is -2.32. The van der Waals surface area contributed by atoms with Crippen molar-refractivity contribution in [1.82, 2.24) is 10.3 Å². The van der Waals surface area contributed by atoms with Gasteiger partial charge in [-0.05, 0) is 18.4 Å². The summed E-state index contributed by atoms with van der Waals surface area (Å²) in [6, 6.07) is 1.63. The fourth-order valence-corrected chi connectivity index (χ4v) is 1.54. The molecule has 0 aromatic carbocycles. The Labute approximate surface area is 113 Å². The molecule has 2 N–H and O–H groups in total. The summed E-state index contributed by atoms with van der Waals surface area (Å²) in [5, 5.41) is 6.34. The Morgan fingerprint density at radius 2 is 2.11 bits per heavy atom. The molecule has 0 spiro atoms. The monoisotopic (exact) mass is 269 g/mol. The summed E-state index contributed by atoms with van der Waals surface area (Å²) in [7, 11) is 0. The smallest absolute Gasteiger partial charge is 0.252 e. The van der Waals surface area contributed by atoms with Gasteiger partial charge in [0.15, 0.2) is 0 Å². The fourth-order valence-electron chi connectivity index (χ4n) is 1.31. The minimum Gasteiger partial charge on any atom is -0.369 e. The van der Waals surface area contributed by atoms with Gasteiger partial charge in [-0.1, -0.05) is 32.4 Å². The number of amides is 1. The van der Waals surface area contributed by atoms with E-state index in [0.717, 1.165) is 6.54 Å². The van der Waals surface area contributed by atoms with Crippen LogP contribution in [-0.4, -0.2) is 24.0 Å². The molecule has 0 saturated heterocycles. The maximum absolute atomic E-state index is 11.9. The van der Waals surface area contributed by atoms with Crippen LogP contribution in [0.25, 0.3) is 0 Å². The number of pyridine rings is 1. The molecule has 100 valence electrons. The highest BCUT2D eigenvalue weighted by Crippen LogP contribution is 2.20. The van der Waals surface area contributed by atoms with E-state index in [1.807, 2.05) is 6.92 Å². The molecule has 0 fully saturated rings. The molecule has 0 bridgehead atoms. The van der Waals surface area contributed by atoms with Crippen molar-refractivity contribution >= 4 is 23.3 Å². The zero-order valence-corrected chi connectivity index (χ0v) is 12.1. The van der Waals surface area contributed by atoms with E-state index in [4.69, 9.17) is 11.6 Å². The van der Waals surface area contributed by atoms with E-state index in [1.54, 1.807) is 6.07 Å². The average Bonchev–Trinajstić information content (AvgIpc) is 2.28. The first-order chi connectivity index (χ1) is 8.33. The molecule has 1 heterocycles. The van der Waals surface area contributed by atoms with Gasteiger partial charge in [-0.2, -0.15) is 0 Å². The second kappa shape index (κ2) is 6.05. The van der Waals surface area contributed by atoms with Crippen LogP contribution in [0.2, 0.25) is 5.02 Å². The number of hydrogen-bond donors (Lipinski definition) is 2. The molecule has 1 aromatic heterocycles. The van der Waals surface area contributed by atoms with Gasteiger partial charge in [0.2, 0.25) is 0 Å². The third-order valence-electron chi connectivity index (χ3n) is 2.23. The normalized spacial score (nSPS) is 11.2. The molecule has 0 atom stereocenters. The lowest BCUT2D eigenvalue weighted by atomic mass is 9.97. The van der Waals surface area contributed by atoms with Gasteiger partial charge in [-0.3, -0.25) is 4.79 Å². The number of nitrogens with zero attached hydrogens (tertiary/aromatic N) is 1. The molecule has 1 amide bonds. The van der Waals surface area contributed by atoms with E-state index in [9.17, 15) is 4.79 Å². The molecule has 18 heavy (non-hydrogen) atoms. The van der Waals surface area contributed by atoms with E-state index in [0.29, 0.717) is 22.9 Å². The molecule has 0 radical (unpaired) electrons. The Morgan fingerprint density at radius 1 is 1.44 bits per heavy atom. The largest absolute Gasteiger partial charge is 0.369 e. The highest BCUT2D eigenvalue weighted by Gasteiger charge is 2.14. The van der Waals surface area contributed by atoms with Crippen molar-refractivity contribution in [3.63, 3.8) is 0 Å². The summed E-state index contributed by atoms with van der Waals surface area (Å²) in [5.74, 6) is 0.453. The van der Waals surface area contributed by atoms with E-state index >= 15 is 0 Å². The van der Waals surface area contributed by atoms with Crippen molar-refractivity contribution in [3.8, 4) is 0 Å². The zero-order valence-electron chi connectivity index (χ0n) is 11.3. The predicted molar refractivity (Wildman–Crippen MR) is 75.2 cm³/mol. The molecule has 4 nitrogen and oxygen atoms in total.